The van der Waals surface area contributed by atoms with Crippen LogP contribution in [0.1, 0.15) is 57.6 Å². The van der Waals surface area contributed by atoms with Crippen molar-refractivity contribution in [2.75, 3.05) is 18.1 Å². The van der Waals surface area contributed by atoms with Gasteiger partial charge in [-0.25, -0.2) is 15.6 Å². The summed E-state index contributed by atoms with van der Waals surface area (Å²) in [5.41, 5.74) is 0.344. The molecule has 2 amide bonds. The number of hydrazine groups is 1. The van der Waals surface area contributed by atoms with E-state index in [0.717, 1.165) is 24.3 Å². The lowest BCUT2D eigenvalue weighted by Gasteiger charge is -2.35. The molecule has 35 heavy (non-hydrogen) atoms. The molecular formula is C26H30Cl3N3O3. The van der Waals surface area contributed by atoms with Crippen molar-refractivity contribution >= 4 is 52.5 Å². The second kappa shape index (κ2) is 9.81. The van der Waals surface area contributed by atoms with Crippen LogP contribution in [0, 0.1) is 5.92 Å². The van der Waals surface area contributed by atoms with Gasteiger partial charge in [-0.3, -0.25) is 4.79 Å². The van der Waals surface area contributed by atoms with Crippen molar-refractivity contribution in [1.82, 2.24) is 4.90 Å². The number of anilines is 1. The second-order valence-electron chi connectivity index (χ2n) is 10.3. The first kappa shape index (κ1) is 26.1. The van der Waals surface area contributed by atoms with Gasteiger partial charge in [-0.2, -0.15) is 0 Å². The molecule has 0 radical (unpaired) electrons. The summed E-state index contributed by atoms with van der Waals surface area (Å²) in [6.45, 7) is 6.83. The van der Waals surface area contributed by atoms with Gasteiger partial charge in [0, 0.05) is 18.1 Å². The third-order valence-corrected chi connectivity index (χ3v) is 7.92. The van der Waals surface area contributed by atoms with Crippen LogP contribution >= 0.6 is 34.8 Å². The highest BCUT2D eigenvalue weighted by molar-refractivity contribution is 6.42. The number of hydrogen-bond acceptors (Lipinski definition) is 4. The lowest BCUT2D eigenvalue weighted by molar-refractivity contribution is -0.122. The van der Waals surface area contributed by atoms with E-state index in [0.29, 0.717) is 57.3 Å². The van der Waals surface area contributed by atoms with Crippen molar-refractivity contribution in [2.24, 2.45) is 11.8 Å². The van der Waals surface area contributed by atoms with E-state index in [1.807, 2.05) is 39.0 Å². The molecule has 0 bridgehead atoms. The van der Waals surface area contributed by atoms with Gasteiger partial charge in [0.05, 0.1) is 15.7 Å². The Labute approximate surface area is 221 Å². The van der Waals surface area contributed by atoms with Gasteiger partial charge in [0.15, 0.2) is 0 Å². The van der Waals surface area contributed by atoms with Gasteiger partial charge >= 0.3 is 6.09 Å². The fourth-order valence-electron chi connectivity index (χ4n) is 5.10. The van der Waals surface area contributed by atoms with E-state index >= 15 is 0 Å². The Morgan fingerprint density at radius 3 is 2.31 bits per heavy atom. The number of piperidine rings is 1. The van der Waals surface area contributed by atoms with Gasteiger partial charge in [-0.1, -0.05) is 53.0 Å². The molecule has 0 spiro atoms. The Morgan fingerprint density at radius 1 is 1.06 bits per heavy atom. The van der Waals surface area contributed by atoms with Crippen LogP contribution in [0.3, 0.4) is 0 Å². The molecule has 1 atom stereocenters. The molecule has 2 aromatic carbocycles. The van der Waals surface area contributed by atoms with Gasteiger partial charge in [0.25, 0.3) is 5.91 Å². The highest BCUT2D eigenvalue weighted by atomic mass is 35.5. The average Bonchev–Trinajstić information content (AvgIpc) is 2.99. The monoisotopic (exact) mass is 537 g/mol. The first-order valence-electron chi connectivity index (χ1n) is 11.8. The largest absolute Gasteiger partial charge is 0.444 e. The summed E-state index contributed by atoms with van der Waals surface area (Å²) in [6, 6.07) is 10.7. The van der Waals surface area contributed by atoms with Crippen molar-refractivity contribution in [3.05, 3.63) is 62.6 Å². The topological polar surface area (TPSA) is 75.9 Å². The number of halogens is 3. The minimum atomic E-state index is -1.07. The molecule has 2 N–H and O–H groups in total. The molecule has 2 heterocycles. The fraction of sp³-hybridized carbons (Fsp3) is 0.462. The number of carbonyl (C=O) groups is 2. The molecule has 1 fully saturated rings. The minimum absolute atomic E-state index is 0.259. The van der Waals surface area contributed by atoms with E-state index in [-0.39, 0.29) is 12.0 Å². The molecule has 9 heteroatoms. The van der Waals surface area contributed by atoms with E-state index in [9.17, 15) is 9.59 Å². The molecule has 4 rings (SSSR count). The Morgan fingerprint density at radius 2 is 1.69 bits per heavy atom. The molecule has 6 nitrogen and oxygen atoms in total. The van der Waals surface area contributed by atoms with Crippen molar-refractivity contribution in [2.45, 2.75) is 57.5 Å². The maximum absolute atomic E-state index is 13.8. The minimum Gasteiger partial charge on any atom is -0.444 e. The predicted molar refractivity (Wildman–Crippen MR) is 140 cm³/mol. The number of carbonyl (C=O) groups excluding carboxylic acids is 2. The predicted octanol–water partition coefficient (Wildman–Crippen LogP) is 6.58. The van der Waals surface area contributed by atoms with Gasteiger partial charge in [0.1, 0.15) is 11.0 Å². The van der Waals surface area contributed by atoms with E-state index in [2.05, 4.69) is 0 Å². The lowest BCUT2D eigenvalue weighted by atomic mass is 9.70. The molecular weight excluding hydrogens is 509 g/mol. The van der Waals surface area contributed by atoms with Gasteiger partial charge in [-0.05, 0) is 81.7 Å². The fourth-order valence-corrected chi connectivity index (χ4v) is 5.72. The summed E-state index contributed by atoms with van der Waals surface area (Å²) in [4.78, 5) is 28.0. The molecule has 0 aliphatic carbocycles. The van der Waals surface area contributed by atoms with Crippen LogP contribution < -0.4 is 10.9 Å². The number of amides is 2. The summed E-state index contributed by atoms with van der Waals surface area (Å²) in [7, 11) is 0. The standard InChI is InChI=1S/C26H30Cl3N3O3/c1-25(2,3)35-24(34)31-12-9-16(10-13-31)8-11-26(17-6-4-5-7-19(17)27)18-14-20(28)21(29)15-22(18)32(30)23(26)33/h4-7,14-16H,8-13,30H2,1-3H3. The summed E-state index contributed by atoms with van der Waals surface area (Å²) in [5, 5.41) is 2.34. The van der Waals surface area contributed by atoms with Gasteiger partial charge in [-0.15, -0.1) is 0 Å². The number of benzene rings is 2. The van der Waals surface area contributed by atoms with E-state index in [1.165, 1.54) is 0 Å². The van der Waals surface area contributed by atoms with Crippen LogP contribution in [-0.2, 0) is 14.9 Å². The van der Waals surface area contributed by atoms with Crippen LogP contribution in [0.15, 0.2) is 36.4 Å². The van der Waals surface area contributed by atoms with Crippen LogP contribution in [0.4, 0.5) is 10.5 Å². The smallest absolute Gasteiger partial charge is 0.410 e. The van der Waals surface area contributed by atoms with Gasteiger partial charge in [0.2, 0.25) is 0 Å². The molecule has 1 saturated heterocycles. The summed E-state index contributed by atoms with van der Waals surface area (Å²) >= 11 is 19.3. The average molecular weight is 539 g/mol. The van der Waals surface area contributed by atoms with E-state index in [1.54, 1.807) is 23.1 Å². The number of ether oxygens (including phenoxy) is 1. The molecule has 188 valence electrons. The van der Waals surface area contributed by atoms with Crippen molar-refractivity contribution < 1.29 is 14.3 Å². The van der Waals surface area contributed by atoms with Gasteiger partial charge < -0.3 is 9.64 Å². The zero-order chi connectivity index (χ0) is 25.5. The zero-order valence-corrected chi connectivity index (χ0v) is 22.4. The normalized spacial score (nSPS) is 20.8. The van der Waals surface area contributed by atoms with Crippen LogP contribution in [-0.4, -0.2) is 35.6 Å². The lowest BCUT2D eigenvalue weighted by Crippen LogP contribution is -2.45. The van der Waals surface area contributed by atoms with Crippen molar-refractivity contribution in [3.63, 3.8) is 0 Å². The van der Waals surface area contributed by atoms with Crippen LogP contribution in [0.2, 0.25) is 15.1 Å². The molecule has 2 aromatic rings. The quantitative estimate of drug-likeness (QED) is 0.352. The number of nitrogens with zero attached hydrogens (tertiary/aromatic N) is 2. The Hall–Kier alpha value is -1.99. The third-order valence-electron chi connectivity index (χ3n) is 6.87. The molecule has 0 aromatic heterocycles. The molecule has 2 aliphatic heterocycles. The van der Waals surface area contributed by atoms with E-state index in [4.69, 9.17) is 45.4 Å². The summed E-state index contributed by atoms with van der Waals surface area (Å²) < 4.78 is 5.51. The van der Waals surface area contributed by atoms with Crippen molar-refractivity contribution in [3.8, 4) is 0 Å². The maximum atomic E-state index is 13.8. The van der Waals surface area contributed by atoms with Crippen molar-refractivity contribution in [1.29, 1.82) is 0 Å². The first-order chi connectivity index (χ1) is 16.4. The SMILES string of the molecule is CC(C)(C)OC(=O)N1CCC(CCC2(c3ccccc3Cl)C(=O)N(N)c3cc(Cl)c(Cl)cc32)CC1. The Bertz CT molecular complexity index is 1140. The zero-order valence-electron chi connectivity index (χ0n) is 20.1. The number of nitrogens with two attached hydrogens (primary N) is 1. The molecule has 1 unspecified atom stereocenters. The number of hydrogen-bond donors (Lipinski definition) is 1. The second-order valence-corrected chi connectivity index (χ2v) is 11.5. The third kappa shape index (κ3) is 4.99. The number of rotatable bonds is 4. The summed E-state index contributed by atoms with van der Waals surface area (Å²) in [6.07, 6.45) is 2.63. The molecule has 2 aliphatic rings. The number of likely N-dealkylation sites (tertiary alicyclic amines) is 1. The Balaban J connectivity index is 1.60. The first-order valence-corrected chi connectivity index (χ1v) is 12.9. The Kier molecular flexibility index (Phi) is 7.31. The number of fused-ring (bicyclic) bond motifs is 1. The maximum Gasteiger partial charge on any atom is 0.410 e. The highest BCUT2D eigenvalue weighted by Crippen LogP contribution is 2.52. The summed E-state index contributed by atoms with van der Waals surface area (Å²) in [5.74, 6) is 6.34. The molecule has 0 saturated carbocycles. The van der Waals surface area contributed by atoms with E-state index < -0.39 is 11.0 Å². The van der Waals surface area contributed by atoms with Crippen LogP contribution in [0.25, 0.3) is 0 Å². The van der Waals surface area contributed by atoms with Crippen LogP contribution in [0.5, 0.6) is 0 Å². The highest BCUT2D eigenvalue weighted by Gasteiger charge is 2.52.